The molecular formula is C16H16N4O. The Hall–Kier alpha value is -2.69. The number of aromatic nitrogens is 3. The topological polar surface area (TPSA) is 51.0 Å². The molecule has 1 aromatic carbocycles. The van der Waals surface area contributed by atoms with Crippen LogP contribution in [0.3, 0.4) is 0 Å². The highest BCUT2D eigenvalue weighted by molar-refractivity contribution is 5.82. The van der Waals surface area contributed by atoms with E-state index in [9.17, 15) is 4.79 Å². The fourth-order valence-electron chi connectivity index (χ4n) is 2.19. The average Bonchev–Trinajstić information content (AvgIpc) is 2.87. The summed E-state index contributed by atoms with van der Waals surface area (Å²) in [4.78, 5) is 22.7. The first-order chi connectivity index (χ1) is 10.2. The highest BCUT2D eigenvalue weighted by atomic mass is 16.2. The monoisotopic (exact) mass is 280 g/mol. The zero-order valence-corrected chi connectivity index (χ0v) is 12.0. The van der Waals surface area contributed by atoms with Gasteiger partial charge in [-0.2, -0.15) is 0 Å². The number of likely N-dealkylation sites (N-methyl/N-ethyl adjacent to an activating group) is 1. The van der Waals surface area contributed by atoms with E-state index in [0.717, 1.165) is 22.6 Å². The quantitative estimate of drug-likeness (QED) is 0.739. The Morgan fingerprint density at radius 1 is 1.14 bits per heavy atom. The molecule has 106 valence electrons. The summed E-state index contributed by atoms with van der Waals surface area (Å²) in [5.41, 5.74) is 2.50. The number of rotatable bonds is 3. The Bertz CT molecular complexity index is 777. The third-order valence-electron chi connectivity index (χ3n) is 3.33. The zero-order chi connectivity index (χ0) is 14.8. The minimum absolute atomic E-state index is 0.0112. The molecule has 0 fully saturated rings. The molecule has 0 radical (unpaired) electrons. The Morgan fingerprint density at radius 3 is 2.62 bits per heavy atom. The highest BCUT2D eigenvalue weighted by Gasteiger charge is 2.16. The SMILES string of the molecule is CN(C)C(=O)Cn1c(-c2ccccc2)nc2cccnc21. The van der Waals surface area contributed by atoms with Crippen LogP contribution in [0.1, 0.15) is 0 Å². The molecule has 0 saturated heterocycles. The van der Waals surface area contributed by atoms with Crippen LogP contribution in [0.15, 0.2) is 48.7 Å². The van der Waals surface area contributed by atoms with Crippen molar-refractivity contribution in [2.75, 3.05) is 14.1 Å². The second-order valence-electron chi connectivity index (χ2n) is 5.02. The highest BCUT2D eigenvalue weighted by Crippen LogP contribution is 2.23. The molecule has 21 heavy (non-hydrogen) atoms. The predicted octanol–water partition coefficient (Wildman–Crippen LogP) is 2.19. The molecular weight excluding hydrogens is 264 g/mol. The van der Waals surface area contributed by atoms with Gasteiger partial charge in [-0.3, -0.25) is 9.36 Å². The molecule has 0 unspecified atom stereocenters. The van der Waals surface area contributed by atoms with E-state index in [1.165, 1.54) is 0 Å². The van der Waals surface area contributed by atoms with Crippen molar-refractivity contribution in [2.24, 2.45) is 0 Å². The lowest BCUT2D eigenvalue weighted by Gasteiger charge is -2.13. The standard InChI is InChI=1S/C16H16N4O/c1-19(2)14(21)11-20-15(12-7-4-3-5-8-12)18-13-9-6-10-17-16(13)20/h3-10H,11H2,1-2H3. The second-order valence-corrected chi connectivity index (χ2v) is 5.02. The number of benzene rings is 1. The molecule has 0 aliphatic carbocycles. The van der Waals surface area contributed by atoms with Gasteiger partial charge >= 0.3 is 0 Å². The van der Waals surface area contributed by atoms with E-state index in [0.29, 0.717) is 0 Å². The van der Waals surface area contributed by atoms with Crippen LogP contribution in [0.25, 0.3) is 22.6 Å². The molecule has 0 bridgehead atoms. The van der Waals surface area contributed by atoms with E-state index < -0.39 is 0 Å². The molecule has 0 aliphatic heterocycles. The average molecular weight is 280 g/mol. The van der Waals surface area contributed by atoms with Crippen LogP contribution in [0.4, 0.5) is 0 Å². The number of fused-ring (bicyclic) bond motifs is 1. The lowest BCUT2D eigenvalue weighted by molar-refractivity contribution is -0.129. The fraction of sp³-hybridized carbons (Fsp3) is 0.188. The molecule has 3 rings (SSSR count). The van der Waals surface area contributed by atoms with E-state index >= 15 is 0 Å². The molecule has 2 heterocycles. The number of hydrogen-bond donors (Lipinski definition) is 0. The number of hydrogen-bond acceptors (Lipinski definition) is 3. The third kappa shape index (κ3) is 2.50. The van der Waals surface area contributed by atoms with Crippen LogP contribution < -0.4 is 0 Å². The van der Waals surface area contributed by atoms with E-state index in [1.807, 2.05) is 47.0 Å². The maximum absolute atomic E-state index is 12.1. The largest absolute Gasteiger partial charge is 0.347 e. The van der Waals surface area contributed by atoms with Crippen molar-refractivity contribution in [1.29, 1.82) is 0 Å². The van der Waals surface area contributed by atoms with Crippen molar-refractivity contribution >= 4 is 17.1 Å². The van der Waals surface area contributed by atoms with Gasteiger partial charge in [0, 0.05) is 25.9 Å². The van der Waals surface area contributed by atoms with Gasteiger partial charge in [-0.1, -0.05) is 30.3 Å². The summed E-state index contributed by atoms with van der Waals surface area (Å²) in [7, 11) is 3.49. The lowest BCUT2D eigenvalue weighted by atomic mass is 10.2. The van der Waals surface area contributed by atoms with Crippen LogP contribution in [0, 0.1) is 0 Å². The predicted molar refractivity (Wildman–Crippen MR) is 81.7 cm³/mol. The smallest absolute Gasteiger partial charge is 0.242 e. The first-order valence-electron chi connectivity index (χ1n) is 6.73. The summed E-state index contributed by atoms with van der Waals surface area (Å²) < 4.78 is 1.87. The first-order valence-corrected chi connectivity index (χ1v) is 6.73. The Kier molecular flexibility index (Phi) is 3.39. The van der Waals surface area contributed by atoms with Gasteiger partial charge in [-0.25, -0.2) is 9.97 Å². The molecule has 0 aliphatic rings. The molecule has 5 nitrogen and oxygen atoms in total. The van der Waals surface area contributed by atoms with E-state index in [-0.39, 0.29) is 12.5 Å². The van der Waals surface area contributed by atoms with E-state index in [1.54, 1.807) is 25.2 Å². The van der Waals surface area contributed by atoms with Crippen molar-refractivity contribution in [3.05, 3.63) is 48.7 Å². The number of carbonyl (C=O) groups is 1. The number of carbonyl (C=O) groups excluding carboxylic acids is 1. The van der Waals surface area contributed by atoms with Gasteiger partial charge in [-0.05, 0) is 12.1 Å². The van der Waals surface area contributed by atoms with Crippen molar-refractivity contribution < 1.29 is 4.79 Å². The maximum Gasteiger partial charge on any atom is 0.242 e. The van der Waals surface area contributed by atoms with Gasteiger partial charge in [0.2, 0.25) is 5.91 Å². The Morgan fingerprint density at radius 2 is 1.90 bits per heavy atom. The summed E-state index contributed by atoms with van der Waals surface area (Å²) in [5.74, 6) is 0.775. The molecule has 0 spiro atoms. The number of nitrogens with zero attached hydrogens (tertiary/aromatic N) is 4. The molecule has 2 aromatic heterocycles. The number of amides is 1. The minimum atomic E-state index is 0.0112. The zero-order valence-electron chi connectivity index (χ0n) is 12.0. The van der Waals surface area contributed by atoms with Crippen molar-refractivity contribution in [2.45, 2.75) is 6.54 Å². The first kappa shape index (κ1) is 13.3. The normalized spacial score (nSPS) is 10.8. The van der Waals surface area contributed by atoms with Gasteiger partial charge in [0.25, 0.3) is 0 Å². The van der Waals surface area contributed by atoms with Gasteiger partial charge in [0.15, 0.2) is 5.65 Å². The summed E-state index contributed by atoms with van der Waals surface area (Å²) in [6, 6.07) is 13.6. The van der Waals surface area contributed by atoms with Gasteiger partial charge in [0.1, 0.15) is 17.9 Å². The summed E-state index contributed by atoms with van der Waals surface area (Å²) in [6.45, 7) is 0.227. The van der Waals surface area contributed by atoms with Crippen molar-refractivity contribution in [1.82, 2.24) is 19.4 Å². The van der Waals surface area contributed by atoms with Crippen molar-refractivity contribution in [3.8, 4) is 11.4 Å². The summed E-state index contributed by atoms with van der Waals surface area (Å²) in [6.07, 6.45) is 1.72. The number of imidazole rings is 1. The van der Waals surface area contributed by atoms with Crippen LogP contribution in [-0.4, -0.2) is 39.4 Å². The van der Waals surface area contributed by atoms with Gasteiger partial charge in [-0.15, -0.1) is 0 Å². The number of pyridine rings is 1. The lowest BCUT2D eigenvalue weighted by Crippen LogP contribution is -2.26. The third-order valence-corrected chi connectivity index (χ3v) is 3.33. The van der Waals surface area contributed by atoms with Gasteiger partial charge in [0.05, 0.1) is 0 Å². The Balaban J connectivity index is 2.17. The second kappa shape index (κ2) is 5.36. The van der Waals surface area contributed by atoms with Crippen LogP contribution >= 0.6 is 0 Å². The van der Waals surface area contributed by atoms with E-state index in [4.69, 9.17) is 0 Å². The van der Waals surface area contributed by atoms with Gasteiger partial charge < -0.3 is 4.90 Å². The van der Waals surface area contributed by atoms with Crippen LogP contribution in [0.2, 0.25) is 0 Å². The summed E-state index contributed by atoms with van der Waals surface area (Å²) in [5, 5.41) is 0. The fourth-order valence-corrected chi connectivity index (χ4v) is 2.19. The van der Waals surface area contributed by atoms with Crippen LogP contribution in [-0.2, 0) is 11.3 Å². The molecule has 0 N–H and O–H groups in total. The molecule has 0 atom stereocenters. The molecule has 3 aromatic rings. The minimum Gasteiger partial charge on any atom is -0.347 e. The molecule has 5 heteroatoms. The van der Waals surface area contributed by atoms with Crippen LogP contribution in [0.5, 0.6) is 0 Å². The Labute approximate surface area is 122 Å². The molecule has 1 amide bonds. The summed E-state index contributed by atoms with van der Waals surface area (Å²) >= 11 is 0. The molecule has 0 saturated carbocycles. The maximum atomic E-state index is 12.1. The van der Waals surface area contributed by atoms with E-state index in [2.05, 4.69) is 9.97 Å². The van der Waals surface area contributed by atoms with Crippen molar-refractivity contribution in [3.63, 3.8) is 0 Å².